The SMILES string of the molecule is CC[C@@H](C)c1cc(Oc2c(Cl)cc(-c3n[nH]c(=O)[nH]c3=O)cc2Cl)n[nH]c1=O. The summed E-state index contributed by atoms with van der Waals surface area (Å²) in [6.07, 6.45) is 0.767. The van der Waals surface area contributed by atoms with Gasteiger partial charge in [-0.25, -0.2) is 15.0 Å². The third-order valence-corrected chi connectivity index (χ3v) is 4.70. The molecule has 3 aromatic rings. The molecule has 1 aromatic carbocycles. The van der Waals surface area contributed by atoms with E-state index in [2.05, 4.69) is 25.4 Å². The second-order valence-electron chi connectivity index (χ2n) is 6.03. The van der Waals surface area contributed by atoms with Crippen molar-refractivity contribution in [3.63, 3.8) is 0 Å². The fourth-order valence-electron chi connectivity index (χ4n) is 2.48. The lowest BCUT2D eigenvalue weighted by molar-refractivity contribution is 0.452. The van der Waals surface area contributed by atoms with Gasteiger partial charge in [-0.2, -0.15) is 5.10 Å². The number of aromatic amines is 3. The fourth-order valence-corrected chi connectivity index (χ4v) is 3.05. The monoisotopic (exact) mass is 423 g/mol. The lowest BCUT2D eigenvalue weighted by Gasteiger charge is -2.12. The van der Waals surface area contributed by atoms with Gasteiger partial charge in [-0.05, 0) is 24.5 Å². The van der Waals surface area contributed by atoms with E-state index in [0.717, 1.165) is 6.42 Å². The van der Waals surface area contributed by atoms with Crippen LogP contribution in [-0.4, -0.2) is 25.4 Å². The van der Waals surface area contributed by atoms with Gasteiger partial charge in [-0.15, -0.1) is 5.10 Å². The van der Waals surface area contributed by atoms with E-state index in [1.54, 1.807) is 0 Å². The average molecular weight is 424 g/mol. The molecule has 0 amide bonds. The highest BCUT2D eigenvalue weighted by Gasteiger charge is 2.17. The number of rotatable bonds is 5. The van der Waals surface area contributed by atoms with Crippen LogP contribution in [0.4, 0.5) is 0 Å². The van der Waals surface area contributed by atoms with Crippen molar-refractivity contribution in [2.75, 3.05) is 0 Å². The number of hydrogen-bond acceptors (Lipinski definition) is 6. The molecule has 0 radical (unpaired) electrons. The van der Waals surface area contributed by atoms with Crippen molar-refractivity contribution in [1.29, 1.82) is 0 Å². The number of halogens is 2. The van der Waals surface area contributed by atoms with E-state index in [1.807, 2.05) is 13.8 Å². The summed E-state index contributed by atoms with van der Waals surface area (Å²) >= 11 is 12.5. The standard InChI is InChI=1S/C17H15Cl2N5O4/c1-3-7(2)9-6-12(21-23-15(9)25)28-14-10(18)4-8(5-11(14)19)13-16(26)20-17(27)24-22-13/h4-7H,3H2,1-2H3,(H,23,25)(H2,20,24,26,27)/t7-/m1/s1. The van der Waals surface area contributed by atoms with E-state index in [4.69, 9.17) is 27.9 Å². The van der Waals surface area contributed by atoms with Crippen LogP contribution in [0.3, 0.4) is 0 Å². The average Bonchev–Trinajstić information content (AvgIpc) is 2.65. The van der Waals surface area contributed by atoms with E-state index < -0.39 is 11.2 Å². The summed E-state index contributed by atoms with van der Waals surface area (Å²) in [7, 11) is 0. The van der Waals surface area contributed by atoms with Crippen molar-refractivity contribution < 1.29 is 4.74 Å². The van der Waals surface area contributed by atoms with Crippen LogP contribution in [0, 0.1) is 0 Å². The molecule has 0 aliphatic rings. The predicted molar refractivity (Wildman–Crippen MR) is 105 cm³/mol. The highest BCUT2D eigenvalue weighted by molar-refractivity contribution is 6.37. The Morgan fingerprint density at radius 1 is 1.04 bits per heavy atom. The van der Waals surface area contributed by atoms with Crippen molar-refractivity contribution >= 4 is 23.2 Å². The van der Waals surface area contributed by atoms with E-state index in [-0.39, 0.29) is 44.4 Å². The minimum atomic E-state index is -0.729. The topological polar surface area (TPSA) is 134 Å². The molecule has 0 spiro atoms. The molecule has 0 aliphatic carbocycles. The number of aromatic nitrogens is 5. The molecule has 0 saturated carbocycles. The summed E-state index contributed by atoms with van der Waals surface area (Å²) in [5.41, 5.74) is -0.958. The van der Waals surface area contributed by atoms with Crippen LogP contribution in [0.5, 0.6) is 11.6 Å². The van der Waals surface area contributed by atoms with E-state index >= 15 is 0 Å². The first-order valence-electron chi connectivity index (χ1n) is 8.26. The summed E-state index contributed by atoms with van der Waals surface area (Å²) in [5.74, 6) is 0.231. The molecule has 2 heterocycles. The normalized spacial score (nSPS) is 12.0. The maximum atomic E-state index is 11.9. The summed E-state index contributed by atoms with van der Waals surface area (Å²) in [4.78, 5) is 37.0. The maximum absolute atomic E-state index is 11.9. The summed E-state index contributed by atoms with van der Waals surface area (Å²) in [6, 6.07) is 4.36. The van der Waals surface area contributed by atoms with Crippen LogP contribution in [-0.2, 0) is 0 Å². The highest BCUT2D eigenvalue weighted by atomic mass is 35.5. The Hall–Kier alpha value is -2.91. The molecule has 0 unspecified atom stereocenters. The number of hydrogen-bond donors (Lipinski definition) is 3. The number of benzene rings is 1. The molecule has 0 aliphatic heterocycles. The van der Waals surface area contributed by atoms with Crippen LogP contribution in [0.15, 0.2) is 32.6 Å². The molecule has 0 fully saturated rings. The summed E-state index contributed by atoms with van der Waals surface area (Å²) in [6.45, 7) is 3.88. The van der Waals surface area contributed by atoms with Gasteiger partial charge in [0, 0.05) is 17.2 Å². The molecular formula is C17H15Cl2N5O4. The Kier molecular flexibility index (Phi) is 5.66. The second kappa shape index (κ2) is 7.99. The first kappa shape index (κ1) is 19.8. The Balaban J connectivity index is 2.00. The van der Waals surface area contributed by atoms with E-state index in [9.17, 15) is 14.4 Å². The van der Waals surface area contributed by atoms with Crippen LogP contribution in [0.2, 0.25) is 10.0 Å². The zero-order valence-corrected chi connectivity index (χ0v) is 16.3. The number of nitrogens with zero attached hydrogens (tertiary/aromatic N) is 2. The zero-order chi connectivity index (χ0) is 20.4. The number of ether oxygens (including phenoxy) is 1. The van der Waals surface area contributed by atoms with Crippen molar-refractivity contribution in [2.24, 2.45) is 0 Å². The molecule has 3 rings (SSSR count). The molecule has 9 nitrogen and oxygen atoms in total. The fraction of sp³-hybridized carbons (Fsp3) is 0.235. The van der Waals surface area contributed by atoms with Gasteiger partial charge in [0.15, 0.2) is 11.4 Å². The van der Waals surface area contributed by atoms with Gasteiger partial charge in [0.25, 0.3) is 11.1 Å². The van der Waals surface area contributed by atoms with Crippen molar-refractivity contribution in [1.82, 2.24) is 25.4 Å². The predicted octanol–water partition coefficient (Wildman–Crippen LogP) is 2.82. The van der Waals surface area contributed by atoms with Crippen LogP contribution in [0.1, 0.15) is 31.7 Å². The smallest absolute Gasteiger partial charge is 0.342 e. The van der Waals surface area contributed by atoms with Crippen LogP contribution >= 0.6 is 23.2 Å². The second-order valence-corrected chi connectivity index (χ2v) is 6.84. The third-order valence-electron chi connectivity index (χ3n) is 4.14. The minimum Gasteiger partial charge on any atom is -0.434 e. The molecule has 11 heteroatoms. The first-order chi connectivity index (χ1) is 13.3. The highest BCUT2D eigenvalue weighted by Crippen LogP contribution is 2.38. The van der Waals surface area contributed by atoms with Crippen molar-refractivity contribution in [2.45, 2.75) is 26.2 Å². The molecule has 0 bridgehead atoms. The molecule has 3 N–H and O–H groups in total. The Bertz CT molecular complexity index is 1180. The van der Waals surface area contributed by atoms with Gasteiger partial charge in [-0.1, -0.05) is 37.0 Å². The Labute approximate surface area is 167 Å². The van der Waals surface area contributed by atoms with Gasteiger partial charge in [0.1, 0.15) is 0 Å². The summed E-state index contributed by atoms with van der Waals surface area (Å²) < 4.78 is 5.66. The molecule has 28 heavy (non-hydrogen) atoms. The summed E-state index contributed by atoms with van der Waals surface area (Å²) in [5, 5.41) is 12.3. The molecule has 2 aromatic heterocycles. The van der Waals surface area contributed by atoms with E-state index in [1.165, 1.54) is 18.2 Å². The molecule has 1 atom stereocenters. The lowest BCUT2D eigenvalue weighted by Crippen LogP contribution is -2.25. The maximum Gasteiger partial charge on any atom is 0.342 e. The zero-order valence-electron chi connectivity index (χ0n) is 14.8. The van der Waals surface area contributed by atoms with Gasteiger partial charge < -0.3 is 4.74 Å². The third kappa shape index (κ3) is 4.00. The lowest BCUT2D eigenvalue weighted by atomic mass is 10.0. The molecule has 146 valence electrons. The van der Waals surface area contributed by atoms with Gasteiger partial charge in [0.05, 0.1) is 10.0 Å². The van der Waals surface area contributed by atoms with Crippen LogP contribution in [0.25, 0.3) is 11.3 Å². The van der Waals surface area contributed by atoms with Gasteiger partial charge in [0.2, 0.25) is 5.88 Å². The molecule has 0 saturated heterocycles. The Morgan fingerprint density at radius 3 is 2.32 bits per heavy atom. The quantitative estimate of drug-likeness (QED) is 0.577. The minimum absolute atomic E-state index is 0.0143. The van der Waals surface area contributed by atoms with Crippen LogP contribution < -0.4 is 21.5 Å². The Morgan fingerprint density at radius 2 is 1.71 bits per heavy atom. The first-order valence-corrected chi connectivity index (χ1v) is 9.01. The van der Waals surface area contributed by atoms with E-state index in [0.29, 0.717) is 5.56 Å². The number of nitrogens with one attached hydrogen (secondary N) is 3. The van der Waals surface area contributed by atoms with Crippen molar-refractivity contribution in [3.05, 3.63) is 65.0 Å². The van der Waals surface area contributed by atoms with Gasteiger partial charge in [-0.3, -0.25) is 14.6 Å². The largest absolute Gasteiger partial charge is 0.434 e. The number of H-pyrrole nitrogens is 3. The molecular weight excluding hydrogens is 409 g/mol. The van der Waals surface area contributed by atoms with Crippen molar-refractivity contribution in [3.8, 4) is 22.9 Å². The van der Waals surface area contributed by atoms with Gasteiger partial charge >= 0.3 is 5.69 Å².